The molecule has 0 radical (unpaired) electrons. The van der Waals surface area contributed by atoms with Gasteiger partial charge >= 0.3 is 18.3 Å². The van der Waals surface area contributed by atoms with Crippen LogP contribution in [0.15, 0.2) is 24.3 Å². The molecule has 0 heterocycles. The predicted molar refractivity (Wildman–Crippen MR) is 63.1 cm³/mol. The molecule has 1 rings (SSSR count). The van der Waals surface area contributed by atoms with Gasteiger partial charge in [-0.05, 0) is 24.3 Å². The van der Waals surface area contributed by atoms with E-state index in [1.54, 1.807) is 0 Å². The summed E-state index contributed by atoms with van der Waals surface area (Å²) in [6, 6.07) is 2.04. The maximum atomic E-state index is 12.5. The Morgan fingerprint density at radius 1 is 1.09 bits per heavy atom. The minimum Gasteiger partial charge on any atom is -0.448 e. The van der Waals surface area contributed by atoms with Crippen LogP contribution in [-0.2, 0) is 21.0 Å². The van der Waals surface area contributed by atoms with Gasteiger partial charge in [0.1, 0.15) is 5.75 Å². The van der Waals surface area contributed by atoms with Crippen molar-refractivity contribution in [2.75, 3.05) is 5.75 Å². The first kappa shape index (κ1) is 19.2. The quantitative estimate of drug-likeness (QED) is 0.503. The smallest absolute Gasteiger partial charge is 0.426 e. The highest BCUT2D eigenvalue weighted by atomic mass is 32.2. The summed E-state index contributed by atoms with van der Waals surface area (Å²) >= 11 is 0. The molecule has 1 aromatic carbocycles. The zero-order valence-corrected chi connectivity index (χ0v) is 11.7. The molecule has 23 heavy (non-hydrogen) atoms. The van der Waals surface area contributed by atoms with E-state index in [0.29, 0.717) is 24.3 Å². The van der Waals surface area contributed by atoms with Crippen molar-refractivity contribution in [2.24, 2.45) is 0 Å². The van der Waals surface area contributed by atoms with Crippen molar-refractivity contribution in [3.63, 3.8) is 0 Å². The van der Waals surface area contributed by atoms with E-state index in [0.717, 1.165) is 0 Å². The van der Waals surface area contributed by atoms with Crippen LogP contribution in [0, 0.1) is 0 Å². The summed E-state index contributed by atoms with van der Waals surface area (Å²) < 4.78 is 108. The largest absolute Gasteiger partial charge is 0.448 e. The second kappa shape index (κ2) is 6.35. The number of hydrogen-bond donors (Lipinski definition) is 1. The molecule has 0 fully saturated rings. The Morgan fingerprint density at radius 3 is 1.91 bits per heavy atom. The number of carbonyl (C=O) groups excluding carboxylic acids is 1. The zero-order chi connectivity index (χ0) is 18.1. The molecular formula is C11H8F6O5S. The molecule has 0 bridgehead atoms. The second-order valence-corrected chi connectivity index (χ2v) is 5.76. The van der Waals surface area contributed by atoms with Gasteiger partial charge < -0.3 is 4.74 Å². The fraction of sp³-hybridized carbons (Fsp3) is 0.364. The number of carbonyl (C=O) groups is 1. The van der Waals surface area contributed by atoms with Crippen molar-refractivity contribution in [3.05, 3.63) is 35.4 Å². The molecular weight excluding hydrogens is 358 g/mol. The minimum absolute atomic E-state index is 0.446. The number of esters is 1. The first-order chi connectivity index (χ1) is 10.2. The molecule has 1 atom stereocenters. The molecule has 1 unspecified atom stereocenters. The van der Waals surface area contributed by atoms with Crippen LogP contribution in [0.1, 0.15) is 15.9 Å². The number of benzene rings is 1. The van der Waals surface area contributed by atoms with Gasteiger partial charge in [0.15, 0.2) is 0 Å². The molecule has 12 heteroatoms. The van der Waals surface area contributed by atoms with E-state index in [-0.39, 0.29) is 0 Å². The van der Waals surface area contributed by atoms with E-state index in [1.807, 2.05) is 0 Å². The van der Waals surface area contributed by atoms with Crippen LogP contribution in [0.4, 0.5) is 26.3 Å². The number of alkyl halides is 6. The maximum absolute atomic E-state index is 12.5. The fourth-order valence-electron chi connectivity index (χ4n) is 1.38. The molecule has 130 valence electrons. The third kappa shape index (κ3) is 6.06. The standard InChI is InChI=1S/C11H8F6O5S/c12-10(13,14)7-3-1-6(2-4-7)9(18)22-8(11(15,16)17)5-23(19,20)21/h1-4,8H,5H2,(H,19,20,21). The number of ether oxygens (including phenoxy) is 1. The van der Waals surface area contributed by atoms with Crippen LogP contribution in [0.5, 0.6) is 0 Å². The van der Waals surface area contributed by atoms with Crippen LogP contribution in [-0.4, -0.2) is 37.0 Å². The van der Waals surface area contributed by atoms with Gasteiger partial charge in [0.25, 0.3) is 10.1 Å². The zero-order valence-electron chi connectivity index (χ0n) is 10.9. The Kier molecular flexibility index (Phi) is 5.31. The SMILES string of the molecule is O=C(OC(CS(=O)(=O)O)C(F)(F)F)c1ccc(C(F)(F)F)cc1. The Bertz CT molecular complexity index is 662. The fourth-order valence-corrected chi connectivity index (χ4v) is 2.02. The Hall–Kier alpha value is -1.82. The van der Waals surface area contributed by atoms with Crippen molar-refractivity contribution >= 4 is 16.1 Å². The molecule has 0 aliphatic carbocycles. The highest BCUT2D eigenvalue weighted by molar-refractivity contribution is 7.85. The van der Waals surface area contributed by atoms with Crippen LogP contribution in [0.25, 0.3) is 0 Å². The monoisotopic (exact) mass is 366 g/mol. The van der Waals surface area contributed by atoms with E-state index >= 15 is 0 Å². The Morgan fingerprint density at radius 2 is 1.57 bits per heavy atom. The summed E-state index contributed by atoms with van der Waals surface area (Å²) in [6.45, 7) is 0. The molecule has 5 nitrogen and oxygen atoms in total. The lowest BCUT2D eigenvalue weighted by molar-refractivity contribution is -0.197. The van der Waals surface area contributed by atoms with Gasteiger partial charge in [-0.25, -0.2) is 4.79 Å². The van der Waals surface area contributed by atoms with Crippen LogP contribution < -0.4 is 0 Å². The maximum Gasteiger partial charge on any atom is 0.426 e. The third-order valence-electron chi connectivity index (χ3n) is 2.42. The average molecular weight is 366 g/mol. The first-order valence-corrected chi connectivity index (χ1v) is 7.21. The summed E-state index contributed by atoms with van der Waals surface area (Å²) in [5.74, 6) is -3.62. The summed E-state index contributed by atoms with van der Waals surface area (Å²) in [5.41, 5.74) is -1.79. The third-order valence-corrected chi connectivity index (χ3v) is 3.15. The van der Waals surface area contributed by atoms with Crippen LogP contribution >= 0.6 is 0 Å². The molecule has 0 spiro atoms. The van der Waals surface area contributed by atoms with Crippen LogP contribution in [0.3, 0.4) is 0 Å². The van der Waals surface area contributed by atoms with Crippen LogP contribution in [0.2, 0.25) is 0 Å². The van der Waals surface area contributed by atoms with Crippen molar-refractivity contribution in [2.45, 2.75) is 18.5 Å². The van der Waals surface area contributed by atoms with Crippen molar-refractivity contribution in [1.29, 1.82) is 0 Å². The van der Waals surface area contributed by atoms with E-state index in [9.17, 15) is 39.6 Å². The Labute approximate surface area is 125 Å². The normalized spacial score (nSPS) is 14.4. The highest BCUT2D eigenvalue weighted by Gasteiger charge is 2.45. The lowest BCUT2D eigenvalue weighted by atomic mass is 10.1. The summed E-state index contributed by atoms with van der Waals surface area (Å²) in [5, 5.41) is 0. The number of halogens is 6. The predicted octanol–water partition coefficient (Wildman–Crippen LogP) is 2.68. The van der Waals surface area contributed by atoms with Crippen molar-refractivity contribution in [1.82, 2.24) is 0 Å². The van der Waals surface area contributed by atoms with Crippen molar-refractivity contribution in [3.8, 4) is 0 Å². The molecule has 1 aromatic rings. The molecule has 0 aliphatic heterocycles. The Balaban J connectivity index is 2.95. The van der Waals surface area contributed by atoms with E-state index < -0.39 is 51.4 Å². The number of hydrogen-bond acceptors (Lipinski definition) is 4. The molecule has 0 saturated heterocycles. The topological polar surface area (TPSA) is 80.7 Å². The van der Waals surface area contributed by atoms with Gasteiger partial charge in [0, 0.05) is 0 Å². The van der Waals surface area contributed by atoms with Gasteiger partial charge in [0.2, 0.25) is 6.10 Å². The van der Waals surface area contributed by atoms with E-state index in [4.69, 9.17) is 4.55 Å². The van der Waals surface area contributed by atoms with Crippen molar-refractivity contribution < 1.29 is 48.8 Å². The minimum atomic E-state index is -5.29. The van der Waals surface area contributed by atoms with E-state index in [2.05, 4.69) is 4.74 Å². The number of rotatable bonds is 4. The summed E-state index contributed by atoms with van der Waals surface area (Å²) in [6.07, 6.45) is -13.2. The highest BCUT2D eigenvalue weighted by Crippen LogP contribution is 2.29. The van der Waals surface area contributed by atoms with Gasteiger partial charge in [-0.2, -0.15) is 34.8 Å². The van der Waals surface area contributed by atoms with E-state index in [1.165, 1.54) is 0 Å². The van der Waals surface area contributed by atoms with Gasteiger partial charge in [-0.3, -0.25) is 4.55 Å². The first-order valence-electron chi connectivity index (χ1n) is 5.60. The average Bonchev–Trinajstić information content (AvgIpc) is 2.34. The molecule has 0 aromatic heterocycles. The second-order valence-electron chi connectivity index (χ2n) is 4.26. The molecule has 1 N–H and O–H groups in total. The molecule has 0 amide bonds. The summed E-state index contributed by atoms with van der Waals surface area (Å²) in [7, 11) is -5.11. The van der Waals surface area contributed by atoms with Gasteiger partial charge in [-0.1, -0.05) is 0 Å². The summed E-state index contributed by atoms with van der Waals surface area (Å²) in [4.78, 5) is 11.5. The lowest BCUT2D eigenvalue weighted by Gasteiger charge is -2.19. The molecule has 0 aliphatic rings. The molecule has 0 saturated carbocycles. The van der Waals surface area contributed by atoms with Gasteiger partial charge in [-0.15, -0.1) is 0 Å². The van der Waals surface area contributed by atoms with Gasteiger partial charge in [0.05, 0.1) is 11.1 Å². The lowest BCUT2D eigenvalue weighted by Crippen LogP contribution is -2.39.